The van der Waals surface area contributed by atoms with Crippen LogP contribution in [0.3, 0.4) is 0 Å². The number of ketones is 1. The lowest BCUT2D eigenvalue weighted by atomic mass is 9.94. The van der Waals surface area contributed by atoms with Gasteiger partial charge in [-0.15, -0.1) is 11.3 Å². The van der Waals surface area contributed by atoms with Gasteiger partial charge in [0.1, 0.15) is 5.75 Å². The lowest BCUT2D eigenvalue weighted by Crippen LogP contribution is -2.31. The fourth-order valence-electron chi connectivity index (χ4n) is 3.72. The standard InChI is InChI=1S/C24H21NO4S/c1-14-6-4-7-18(15(14)2)25-21(16-9-11-17(29-3)12-10-16)20(23(27)24(25)28)22(26)19-8-5-13-30-19/h4-13,21,27H,1-3H3. The number of hydrogen-bond acceptors (Lipinski definition) is 5. The molecule has 2 aromatic carbocycles. The van der Waals surface area contributed by atoms with E-state index < -0.39 is 17.7 Å². The summed E-state index contributed by atoms with van der Waals surface area (Å²) in [6.45, 7) is 3.89. The zero-order valence-corrected chi connectivity index (χ0v) is 17.7. The van der Waals surface area contributed by atoms with Gasteiger partial charge in [0.2, 0.25) is 5.78 Å². The number of anilines is 1. The molecule has 0 radical (unpaired) electrons. The van der Waals surface area contributed by atoms with E-state index >= 15 is 0 Å². The molecule has 1 unspecified atom stereocenters. The van der Waals surface area contributed by atoms with Crippen LogP contribution in [0.15, 0.2) is 71.3 Å². The molecule has 1 aromatic heterocycles. The van der Waals surface area contributed by atoms with Crippen molar-refractivity contribution in [2.45, 2.75) is 19.9 Å². The van der Waals surface area contributed by atoms with E-state index in [1.165, 1.54) is 16.2 Å². The normalized spacial score (nSPS) is 16.3. The molecule has 0 spiro atoms. The van der Waals surface area contributed by atoms with Gasteiger partial charge < -0.3 is 9.84 Å². The minimum absolute atomic E-state index is 0.0912. The van der Waals surface area contributed by atoms with Crippen LogP contribution in [0.1, 0.15) is 32.4 Å². The maximum absolute atomic E-state index is 13.3. The Hall–Kier alpha value is -3.38. The number of ether oxygens (including phenoxy) is 1. The Balaban J connectivity index is 1.91. The van der Waals surface area contributed by atoms with E-state index in [0.29, 0.717) is 21.9 Å². The second-order valence-electron chi connectivity index (χ2n) is 7.14. The quantitative estimate of drug-likeness (QED) is 0.581. The van der Waals surface area contributed by atoms with Gasteiger partial charge in [-0.2, -0.15) is 0 Å². The fourth-order valence-corrected chi connectivity index (χ4v) is 4.40. The number of aryl methyl sites for hydroxylation is 1. The summed E-state index contributed by atoms with van der Waals surface area (Å²) in [5.41, 5.74) is 3.41. The highest BCUT2D eigenvalue weighted by molar-refractivity contribution is 7.12. The first-order chi connectivity index (χ1) is 14.4. The summed E-state index contributed by atoms with van der Waals surface area (Å²) in [7, 11) is 1.58. The van der Waals surface area contributed by atoms with E-state index in [9.17, 15) is 14.7 Å². The number of amides is 1. The Labute approximate surface area is 178 Å². The highest BCUT2D eigenvalue weighted by Crippen LogP contribution is 2.43. The number of aliphatic hydroxyl groups is 1. The van der Waals surface area contributed by atoms with Gasteiger partial charge in [-0.1, -0.05) is 30.3 Å². The summed E-state index contributed by atoms with van der Waals surface area (Å²) in [5.74, 6) is -0.760. The molecule has 2 heterocycles. The largest absolute Gasteiger partial charge is 0.503 e. The van der Waals surface area contributed by atoms with Gasteiger partial charge in [0.05, 0.1) is 23.6 Å². The molecule has 0 saturated carbocycles. The van der Waals surface area contributed by atoms with Crippen molar-refractivity contribution in [3.05, 3.63) is 92.9 Å². The molecule has 0 aliphatic carbocycles. The van der Waals surface area contributed by atoms with E-state index in [0.717, 1.165) is 11.1 Å². The number of aliphatic hydroxyl groups excluding tert-OH is 1. The van der Waals surface area contributed by atoms with Crippen molar-refractivity contribution in [2.24, 2.45) is 0 Å². The summed E-state index contributed by atoms with van der Waals surface area (Å²) in [6.07, 6.45) is 0. The summed E-state index contributed by atoms with van der Waals surface area (Å²) in [5, 5.41) is 12.6. The first-order valence-electron chi connectivity index (χ1n) is 9.49. The Kier molecular flexibility index (Phi) is 5.18. The van der Waals surface area contributed by atoms with Crippen molar-refractivity contribution < 1.29 is 19.4 Å². The van der Waals surface area contributed by atoms with Crippen molar-refractivity contribution in [1.82, 2.24) is 0 Å². The average Bonchev–Trinajstić information content (AvgIpc) is 3.38. The van der Waals surface area contributed by atoms with Crippen molar-refractivity contribution in [2.75, 3.05) is 12.0 Å². The molecular weight excluding hydrogens is 398 g/mol. The lowest BCUT2D eigenvalue weighted by molar-refractivity contribution is -0.117. The number of nitrogens with zero attached hydrogens (tertiary/aromatic N) is 1. The fraction of sp³-hybridized carbons (Fsp3) is 0.167. The first kappa shape index (κ1) is 19.9. The van der Waals surface area contributed by atoms with Crippen LogP contribution in [0.25, 0.3) is 0 Å². The maximum atomic E-state index is 13.3. The Morgan fingerprint density at radius 3 is 2.43 bits per heavy atom. The average molecular weight is 420 g/mol. The molecule has 1 amide bonds. The Morgan fingerprint density at radius 2 is 1.80 bits per heavy atom. The monoisotopic (exact) mass is 419 g/mol. The van der Waals surface area contributed by atoms with Crippen LogP contribution in [-0.2, 0) is 4.79 Å². The topological polar surface area (TPSA) is 66.8 Å². The minimum atomic E-state index is -0.737. The molecule has 1 aliphatic heterocycles. The smallest absolute Gasteiger partial charge is 0.294 e. The van der Waals surface area contributed by atoms with Crippen LogP contribution >= 0.6 is 11.3 Å². The van der Waals surface area contributed by atoms with Crippen LogP contribution in [0, 0.1) is 13.8 Å². The molecule has 4 rings (SSSR count). The van der Waals surface area contributed by atoms with E-state index in [2.05, 4.69) is 0 Å². The van der Waals surface area contributed by atoms with Gasteiger partial charge in [-0.25, -0.2) is 0 Å². The molecule has 0 saturated heterocycles. The van der Waals surface area contributed by atoms with Gasteiger partial charge in [-0.05, 0) is 60.2 Å². The van der Waals surface area contributed by atoms with Crippen LogP contribution < -0.4 is 9.64 Å². The zero-order chi connectivity index (χ0) is 21.4. The molecular formula is C24H21NO4S. The maximum Gasteiger partial charge on any atom is 0.294 e. The highest BCUT2D eigenvalue weighted by atomic mass is 32.1. The van der Waals surface area contributed by atoms with Crippen molar-refractivity contribution in [1.29, 1.82) is 0 Å². The number of thiophene rings is 1. The number of carbonyl (C=O) groups is 2. The van der Waals surface area contributed by atoms with Crippen LogP contribution in [0.2, 0.25) is 0 Å². The second kappa shape index (κ2) is 7.80. The number of benzene rings is 2. The molecule has 0 fully saturated rings. The van der Waals surface area contributed by atoms with Crippen LogP contribution in [-0.4, -0.2) is 23.9 Å². The second-order valence-corrected chi connectivity index (χ2v) is 8.09. The molecule has 5 nitrogen and oxygen atoms in total. The predicted octanol–water partition coefficient (Wildman–Crippen LogP) is 5.16. The van der Waals surface area contributed by atoms with Gasteiger partial charge in [0, 0.05) is 5.69 Å². The molecule has 152 valence electrons. The number of Topliss-reactive ketones (excluding diaryl/α,β-unsaturated/α-hetero) is 1. The van der Waals surface area contributed by atoms with E-state index in [4.69, 9.17) is 4.74 Å². The summed E-state index contributed by atoms with van der Waals surface area (Å²) < 4.78 is 5.25. The highest BCUT2D eigenvalue weighted by Gasteiger charge is 2.45. The van der Waals surface area contributed by atoms with Crippen LogP contribution in [0.5, 0.6) is 5.75 Å². The third-order valence-electron chi connectivity index (χ3n) is 5.46. The molecule has 3 aromatic rings. The van der Waals surface area contributed by atoms with Crippen molar-refractivity contribution in [3.63, 3.8) is 0 Å². The summed E-state index contributed by atoms with van der Waals surface area (Å²) in [4.78, 5) is 28.5. The molecule has 6 heteroatoms. The Bertz CT molecular complexity index is 1150. The first-order valence-corrected chi connectivity index (χ1v) is 10.4. The summed E-state index contributed by atoms with van der Waals surface area (Å²) >= 11 is 1.28. The van der Waals surface area contributed by atoms with Gasteiger partial charge in [0.25, 0.3) is 5.91 Å². The minimum Gasteiger partial charge on any atom is -0.503 e. The zero-order valence-electron chi connectivity index (χ0n) is 16.9. The number of methoxy groups -OCH3 is 1. The van der Waals surface area contributed by atoms with Gasteiger partial charge in [-0.3, -0.25) is 14.5 Å². The van der Waals surface area contributed by atoms with Crippen LogP contribution in [0.4, 0.5) is 5.69 Å². The predicted molar refractivity (Wildman–Crippen MR) is 117 cm³/mol. The van der Waals surface area contributed by atoms with Gasteiger partial charge >= 0.3 is 0 Å². The third kappa shape index (κ3) is 3.19. The number of rotatable bonds is 5. The third-order valence-corrected chi connectivity index (χ3v) is 6.33. The van der Waals surface area contributed by atoms with E-state index in [-0.39, 0.29) is 11.4 Å². The Morgan fingerprint density at radius 1 is 1.07 bits per heavy atom. The lowest BCUT2D eigenvalue weighted by Gasteiger charge is -2.28. The van der Waals surface area contributed by atoms with E-state index in [1.54, 1.807) is 36.8 Å². The SMILES string of the molecule is COc1ccc(C2C(C(=O)c3cccs3)=C(O)C(=O)N2c2cccc(C)c2C)cc1. The molecule has 1 aliphatic rings. The number of carbonyl (C=O) groups excluding carboxylic acids is 2. The van der Waals surface area contributed by atoms with Gasteiger partial charge in [0.15, 0.2) is 5.76 Å². The molecule has 30 heavy (non-hydrogen) atoms. The van der Waals surface area contributed by atoms with Crippen molar-refractivity contribution in [3.8, 4) is 5.75 Å². The molecule has 1 N–H and O–H groups in total. The summed E-state index contributed by atoms with van der Waals surface area (Å²) in [6, 6.07) is 15.6. The van der Waals surface area contributed by atoms with E-state index in [1.807, 2.05) is 44.2 Å². The number of hydrogen-bond donors (Lipinski definition) is 1. The molecule has 1 atom stereocenters. The molecule has 0 bridgehead atoms. The van der Waals surface area contributed by atoms with Crippen molar-refractivity contribution >= 4 is 28.7 Å².